The van der Waals surface area contributed by atoms with Crippen LogP contribution in [-0.2, 0) is 9.53 Å². The first kappa shape index (κ1) is 18.7. The van der Waals surface area contributed by atoms with Gasteiger partial charge in [0.1, 0.15) is 5.57 Å². The maximum Gasteiger partial charge on any atom is 0.343 e. The summed E-state index contributed by atoms with van der Waals surface area (Å²) in [6, 6.07) is 9.04. The smallest absolute Gasteiger partial charge is 0.343 e. The zero-order valence-corrected chi connectivity index (χ0v) is 15.9. The van der Waals surface area contributed by atoms with Crippen LogP contribution in [0.5, 0.6) is 11.5 Å². The quantitative estimate of drug-likeness (QED) is 0.449. The molecule has 0 saturated carbocycles. The van der Waals surface area contributed by atoms with Gasteiger partial charge in [-0.3, -0.25) is 0 Å². The first-order valence-electron chi connectivity index (χ1n) is 8.15. The third kappa shape index (κ3) is 4.17. The molecule has 8 heteroatoms. The maximum absolute atomic E-state index is 12.3. The second-order valence-corrected chi connectivity index (χ2v) is 6.27. The summed E-state index contributed by atoms with van der Waals surface area (Å²) < 4.78 is 21.0. The number of hydrogen-bond donors (Lipinski definition) is 0. The number of ether oxygens (including phenoxy) is 3. The van der Waals surface area contributed by atoms with E-state index in [9.17, 15) is 4.79 Å². The number of benzene rings is 1. The predicted molar refractivity (Wildman–Crippen MR) is 102 cm³/mol. The molecule has 0 aliphatic heterocycles. The second kappa shape index (κ2) is 8.50. The van der Waals surface area contributed by atoms with Crippen molar-refractivity contribution in [2.75, 3.05) is 20.8 Å². The van der Waals surface area contributed by atoms with Gasteiger partial charge in [-0.1, -0.05) is 11.2 Å². The second-order valence-electron chi connectivity index (χ2n) is 5.29. The van der Waals surface area contributed by atoms with E-state index in [0.717, 1.165) is 4.88 Å². The van der Waals surface area contributed by atoms with Crippen LogP contribution >= 0.6 is 11.3 Å². The third-order valence-electron chi connectivity index (χ3n) is 3.62. The Labute approximate surface area is 160 Å². The Bertz CT molecular complexity index is 947. The van der Waals surface area contributed by atoms with E-state index in [1.54, 1.807) is 45.4 Å². The summed E-state index contributed by atoms with van der Waals surface area (Å²) in [6.45, 7) is 1.99. The number of carbonyl (C=O) groups excluding carboxylic acids is 1. The molecule has 3 aromatic rings. The van der Waals surface area contributed by atoms with Crippen molar-refractivity contribution in [3.63, 3.8) is 0 Å². The molecule has 0 bridgehead atoms. The first-order chi connectivity index (χ1) is 13.2. The summed E-state index contributed by atoms with van der Waals surface area (Å²) in [6.07, 6.45) is 1.68. The van der Waals surface area contributed by atoms with Gasteiger partial charge in [0, 0.05) is 10.4 Å². The zero-order valence-electron chi connectivity index (χ0n) is 15.1. The molecular formula is C19H18N2O5S. The zero-order chi connectivity index (χ0) is 19.2. The summed E-state index contributed by atoms with van der Waals surface area (Å²) in [5, 5.41) is 5.90. The van der Waals surface area contributed by atoms with Crippen LogP contribution in [-0.4, -0.2) is 36.9 Å². The van der Waals surface area contributed by atoms with Crippen LogP contribution in [0.3, 0.4) is 0 Å². The summed E-state index contributed by atoms with van der Waals surface area (Å²) in [7, 11) is 3.11. The van der Waals surface area contributed by atoms with Gasteiger partial charge >= 0.3 is 5.97 Å². The molecule has 0 N–H and O–H groups in total. The largest absolute Gasteiger partial charge is 0.493 e. The topological polar surface area (TPSA) is 83.7 Å². The first-order valence-corrected chi connectivity index (χ1v) is 9.03. The molecule has 0 radical (unpaired) electrons. The number of nitrogens with zero attached hydrogens (tertiary/aromatic N) is 2. The summed E-state index contributed by atoms with van der Waals surface area (Å²) in [4.78, 5) is 17.6. The number of thiophene rings is 1. The van der Waals surface area contributed by atoms with Gasteiger partial charge in [-0.25, -0.2) is 4.79 Å². The third-order valence-corrected chi connectivity index (χ3v) is 4.44. The Morgan fingerprint density at radius 2 is 2.04 bits per heavy atom. The Hall–Kier alpha value is -3.13. The van der Waals surface area contributed by atoms with Crippen LogP contribution in [0.2, 0.25) is 0 Å². The average Bonchev–Trinajstić information content (AvgIpc) is 3.37. The van der Waals surface area contributed by atoms with E-state index in [1.165, 1.54) is 11.3 Å². The van der Waals surface area contributed by atoms with Crippen molar-refractivity contribution >= 4 is 29.0 Å². The molecule has 1 aromatic carbocycles. The molecule has 0 unspecified atom stereocenters. The number of hydrogen-bond acceptors (Lipinski definition) is 8. The van der Waals surface area contributed by atoms with Crippen molar-refractivity contribution in [2.45, 2.75) is 6.92 Å². The minimum atomic E-state index is -0.520. The lowest BCUT2D eigenvalue weighted by molar-refractivity contribution is -0.136. The summed E-state index contributed by atoms with van der Waals surface area (Å²) in [5.74, 6) is 1.03. The van der Waals surface area contributed by atoms with E-state index < -0.39 is 5.97 Å². The van der Waals surface area contributed by atoms with Crippen molar-refractivity contribution in [1.82, 2.24) is 10.1 Å². The SMILES string of the molecule is CCOC(=O)C(=Cc1cccs1)c1nc(-c2ccc(OC)c(OC)c2)no1. The predicted octanol–water partition coefficient (Wildman–Crippen LogP) is 3.92. The van der Waals surface area contributed by atoms with Gasteiger partial charge in [0.05, 0.1) is 20.8 Å². The molecule has 2 heterocycles. The van der Waals surface area contributed by atoms with Crippen LogP contribution in [0.1, 0.15) is 17.7 Å². The fourth-order valence-electron chi connectivity index (χ4n) is 2.36. The summed E-state index contributed by atoms with van der Waals surface area (Å²) in [5.41, 5.74) is 0.875. The van der Waals surface area contributed by atoms with Crippen molar-refractivity contribution < 1.29 is 23.5 Å². The molecular weight excluding hydrogens is 368 g/mol. The van der Waals surface area contributed by atoms with Gasteiger partial charge in [-0.2, -0.15) is 4.98 Å². The lowest BCUT2D eigenvalue weighted by atomic mass is 10.2. The molecule has 0 aliphatic carbocycles. The van der Waals surface area contributed by atoms with Crippen LogP contribution in [0.15, 0.2) is 40.2 Å². The Balaban J connectivity index is 1.98. The van der Waals surface area contributed by atoms with E-state index in [1.807, 2.05) is 17.5 Å². The standard InChI is InChI=1S/C19H18N2O5S/c1-4-25-19(22)14(11-13-6-5-9-27-13)18-20-17(21-26-18)12-7-8-15(23-2)16(10-12)24-3/h5-11H,4H2,1-3H3. The minimum Gasteiger partial charge on any atom is -0.493 e. The molecule has 7 nitrogen and oxygen atoms in total. The highest BCUT2D eigenvalue weighted by Crippen LogP contribution is 2.32. The molecule has 2 aromatic heterocycles. The van der Waals surface area contributed by atoms with Crippen LogP contribution in [0, 0.1) is 0 Å². The van der Waals surface area contributed by atoms with Crippen LogP contribution < -0.4 is 9.47 Å². The molecule has 0 fully saturated rings. The van der Waals surface area contributed by atoms with Gasteiger partial charge in [-0.05, 0) is 42.6 Å². The van der Waals surface area contributed by atoms with E-state index in [2.05, 4.69) is 10.1 Å². The number of aromatic nitrogens is 2. The van der Waals surface area contributed by atoms with E-state index >= 15 is 0 Å². The monoisotopic (exact) mass is 386 g/mol. The average molecular weight is 386 g/mol. The molecule has 0 saturated heterocycles. The molecule has 0 aliphatic rings. The van der Waals surface area contributed by atoms with E-state index in [4.69, 9.17) is 18.7 Å². The Morgan fingerprint density at radius 3 is 2.70 bits per heavy atom. The fraction of sp³-hybridized carbons (Fsp3) is 0.211. The van der Waals surface area contributed by atoms with Gasteiger partial charge in [0.2, 0.25) is 5.82 Å². The number of esters is 1. The van der Waals surface area contributed by atoms with E-state index in [-0.39, 0.29) is 18.1 Å². The van der Waals surface area contributed by atoms with Crippen molar-refractivity contribution in [1.29, 1.82) is 0 Å². The van der Waals surface area contributed by atoms with E-state index in [0.29, 0.717) is 22.9 Å². The minimum absolute atomic E-state index is 0.0895. The molecule has 140 valence electrons. The highest BCUT2D eigenvalue weighted by molar-refractivity contribution is 7.10. The van der Waals surface area contributed by atoms with Gasteiger partial charge < -0.3 is 18.7 Å². The lowest BCUT2D eigenvalue weighted by Crippen LogP contribution is -2.07. The number of carbonyl (C=O) groups is 1. The number of methoxy groups -OCH3 is 2. The Morgan fingerprint density at radius 1 is 1.22 bits per heavy atom. The highest BCUT2D eigenvalue weighted by atomic mass is 32.1. The van der Waals surface area contributed by atoms with Gasteiger partial charge in [-0.15, -0.1) is 11.3 Å². The Kier molecular flexibility index (Phi) is 5.87. The molecule has 0 amide bonds. The van der Waals surface area contributed by atoms with Crippen LogP contribution in [0.4, 0.5) is 0 Å². The van der Waals surface area contributed by atoms with Gasteiger partial charge in [0.25, 0.3) is 5.89 Å². The molecule has 27 heavy (non-hydrogen) atoms. The fourth-order valence-corrected chi connectivity index (χ4v) is 3.02. The van der Waals surface area contributed by atoms with Crippen molar-refractivity contribution in [2.24, 2.45) is 0 Å². The molecule has 3 rings (SSSR count). The van der Waals surface area contributed by atoms with Crippen LogP contribution in [0.25, 0.3) is 23.0 Å². The van der Waals surface area contributed by atoms with Gasteiger partial charge in [0.15, 0.2) is 11.5 Å². The lowest BCUT2D eigenvalue weighted by Gasteiger charge is -2.07. The number of rotatable bonds is 7. The van der Waals surface area contributed by atoms with Crippen molar-refractivity contribution in [3.8, 4) is 22.9 Å². The highest BCUT2D eigenvalue weighted by Gasteiger charge is 2.21. The normalized spacial score (nSPS) is 11.3. The van der Waals surface area contributed by atoms with Crippen molar-refractivity contribution in [3.05, 3.63) is 46.5 Å². The molecule has 0 atom stereocenters. The molecule has 0 spiro atoms. The maximum atomic E-state index is 12.3. The summed E-state index contributed by atoms with van der Waals surface area (Å²) >= 11 is 1.49.